The molecule has 0 saturated carbocycles. The molecule has 3 rings (SSSR count). The number of carbonyl (C=O) groups excluding carboxylic acids is 2. The van der Waals surface area contributed by atoms with Crippen LogP contribution < -0.4 is 5.56 Å². The van der Waals surface area contributed by atoms with Gasteiger partial charge in [0.05, 0.1) is 6.26 Å². The summed E-state index contributed by atoms with van der Waals surface area (Å²) in [5.41, 5.74) is -0.313. The van der Waals surface area contributed by atoms with Crippen molar-refractivity contribution in [3.8, 4) is 0 Å². The van der Waals surface area contributed by atoms with E-state index in [1.54, 1.807) is 21.9 Å². The molecule has 120 valence electrons. The molecule has 0 unspecified atom stereocenters. The molecule has 1 aliphatic heterocycles. The normalized spacial score (nSPS) is 14.8. The van der Waals surface area contributed by atoms with Crippen molar-refractivity contribution in [1.82, 2.24) is 19.6 Å². The molecule has 0 bridgehead atoms. The predicted octanol–water partition coefficient (Wildman–Crippen LogP) is -0.179. The number of hydrogen-bond donors (Lipinski definition) is 0. The first-order valence-electron chi connectivity index (χ1n) is 7.28. The highest BCUT2D eigenvalue weighted by atomic mass is 16.3. The summed E-state index contributed by atoms with van der Waals surface area (Å²) in [6.07, 6.45) is 2.92. The van der Waals surface area contributed by atoms with E-state index in [1.807, 2.05) is 0 Å². The molecule has 0 aliphatic carbocycles. The summed E-state index contributed by atoms with van der Waals surface area (Å²) >= 11 is 0. The molecule has 3 heterocycles. The Morgan fingerprint density at radius 1 is 1.09 bits per heavy atom. The smallest absolute Gasteiger partial charge is 0.289 e. The Kier molecular flexibility index (Phi) is 4.22. The lowest BCUT2D eigenvalue weighted by molar-refractivity contribution is -0.133. The van der Waals surface area contributed by atoms with E-state index in [1.165, 1.54) is 24.6 Å². The van der Waals surface area contributed by atoms with E-state index in [0.717, 1.165) is 4.68 Å². The molecule has 2 aromatic heterocycles. The lowest BCUT2D eigenvalue weighted by atomic mass is 10.2. The Hall–Kier alpha value is -2.90. The maximum Gasteiger partial charge on any atom is 0.289 e. The topological polar surface area (TPSA) is 88.7 Å². The van der Waals surface area contributed by atoms with Crippen LogP contribution in [0.5, 0.6) is 0 Å². The Labute approximate surface area is 131 Å². The van der Waals surface area contributed by atoms with E-state index in [0.29, 0.717) is 31.9 Å². The van der Waals surface area contributed by atoms with Crippen LogP contribution in [0.25, 0.3) is 0 Å². The van der Waals surface area contributed by atoms with Gasteiger partial charge in [0.25, 0.3) is 11.5 Å². The highest BCUT2D eigenvalue weighted by Gasteiger charge is 2.26. The molecule has 0 spiro atoms. The van der Waals surface area contributed by atoms with Gasteiger partial charge < -0.3 is 14.2 Å². The van der Waals surface area contributed by atoms with Crippen LogP contribution in [0.15, 0.2) is 45.9 Å². The van der Waals surface area contributed by atoms with Crippen molar-refractivity contribution in [3.05, 3.63) is 52.8 Å². The third-order valence-electron chi connectivity index (χ3n) is 3.72. The molecule has 2 amide bonds. The van der Waals surface area contributed by atoms with Crippen molar-refractivity contribution in [2.24, 2.45) is 0 Å². The average Bonchev–Trinajstić information content (AvgIpc) is 3.11. The Balaban J connectivity index is 1.56. The zero-order valence-corrected chi connectivity index (χ0v) is 12.4. The quantitative estimate of drug-likeness (QED) is 0.784. The van der Waals surface area contributed by atoms with Gasteiger partial charge in [-0.3, -0.25) is 14.4 Å². The van der Waals surface area contributed by atoms with Crippen LogP contribution in [0.4, 0.5) is 0 Å². The van der Waals surface area contributed by atoms with E-state index >= 15 is 0 Å². The SMILES string of the molecule is O=C(Cn1ncccc1=O)N1CCN(C(=O)c2ccco2)CC1. The number of furan rings is 1. The van der Waals surface area contributed by atoms with Gasteiger partial charge in [0.1, 0.15) is 6.54 Å². The number of nitrogens with zero attached hydrogens (tertiary/aromatic N) is 4. The summed E-state index contributed by atoms with van der Waals surface area (Å²) in [5.74, 6) is -0.0660. The van der Waals surface area contributed by atoms with Crippen LogP contribution in [0.1, 0.15) is 10.6 Å². The number of amides is 2. The van der Waals surface area contributed by atoms with Crippen molar-refractivity contribution < 1.29 is 14.0 Å². The first-order chi connectivity index (χ1) is 11.1. The van der Waals surface area contributed by atoms with Crippen molar-refractivity contribution in [1.29, 1.82) is 0 Å². The van der Waals surface area contributed by atoms with Gasteiger partial charge in [0.15, 0.2) is 5.76 Å². The van der Waals surface area contributed by atoms with Gasteiger partial charge >= 0.3 is 0 Å². The number of hydrogen-bond acceptors (Lipinski definition) is 5. The molecule has 1 fully saturated rings. The van der Waals surface area contributed by atoms with Crippen LogP contribution in [-0.2, 0) is 11.3 Å². The predicted molar refractivity (Wildman–Crippen MR) is 79.7 cm³/mol. The number of rotatable bonds is 3. The molecule has 23 heavy (non-hydrogen) atoms. The van der Waals surface area contributed by atoms with E-state index in [4.69, 9.17) is 4.42 Å². The summed E-state index contributed by atoms with van der Waals surface area (Å²) in [4.78, 5) is 39.2. The Morgan fingerprint density at radius 2 is 1.83 bits per heavy atom. The Morgan fingerprint density at radius 3 is 2.48 bits per heavy atom. The average molecular weight is 316 g/mol. The summed E-state index contributed by atoms with van der Waals surface area (Å²) in [6.45, 7) is 1.62. The molecular formula is C15H16N4O4. The lowest BCUT2D eigenvalue weighted by Crippen LogP contribution is -2.51. The summed E-state index contributed by atoms with van der Waals surface area (Å²) in [7, 11) is 0. The minimum Gasteiger partial charge on any atom is -0.459 e. The van der Waals surface area contributed by atoms with Crippen molar-refractivity contribution in [2.75, 3.05) is 26.2 Å². The maximum absolute atomic E-state index is 12.2. The van der Waals surface area contributed by atoms with Gasteiger partial charge in [-0.25, -0.2) is 4.68 Å². The van der Waals surface area contributed by atoms with Crippen LogP contribution in [0.3, 0.4) is 0 Å². The third kappa shape index (κ3) is 3.31. The van der Waals surface area contributed by atoms with E-state index in [9.17, 15) is 14.4 Å². The molecule has 2 aromatic rings. The molecule has 0 radical (unpaired) electrons. The molecular weight excluding hydrogens is 300 g/mol. The van der Waals surface area contributed by atoms with Crippen molar-refractivity contribution in [2.45, 2.75) is 6.54 Å². The number of piperazine rings is 1. The van der Waals surface area contributed by atoms with Gasteiger partial charge in [-0.05, 0) is 18.2 Å². The largest absolute Gasteiger partial charge is 0.459 e. The minimum absolute atomic E-state index is 0.0915. The lowest BCUT2D eigenvalue weighted by Gasteiger charge is -2.34. The van der Waals surface area contributed by atoms with Gasteiger partial charge in [0.2, 0.25) is 5.91 Å². The number of carbonyl (C=O) groups is 2. The fraction of sp³-hybridized carbons (Fsp3) is 0.333. The van der Waals surface area contributed by atoms with E-state index in [2.05, 4.69) is 5.10 Å². The summed E-state index contributed by atoms with van der Waals surface area (Å²) in [6, 6.07) is 6.17. The summed E-state index contributed by atoms with van der Waals surface area (Å²) in [5, 5.41) is 3.87. The van der Waals surface area contributed by atoms with Crippen molar-refractivity contribution in [3.63, 3.8) is 0 Å². The zero-order chi connectivity index (χ0) is 16.2. The molecule has 1 aliphatic rings. The minimum atomic E-state index is -0.313. The molecule has 8 nitrogen and oxygen atoms in total. The van der Waals surface area contributed by atoms with Crippen LogP contribution in [0, 0.1) is 0 Å². The highest BCUT2D eigenvalue weighted by Crippen LogP contribution is 2.09. The number of aromatic nitrogens is 2. The second kappa shape index (κ2) is 6.47. The monoisotopic (exact) mass is 316 g/mol. The maximum atomic E-state index is 12.2. The second-order valence-corrected chi connectivity index (χ2v) is 5.17. The van der Waals surface area contributed by atoms with Crippen molar-refractivity contribution >= 4 is 11.8 Å². The molecule has 1 saturated heterocycles. The highest BCUT2D eigenvalue weighted by molar-refractivity contribution is 5.91. The van der Waals surface area contributed by atoms with Crippen LogP contribution >= 0.6 is 0 Å². The molecule has 0 atom stereocenters. The zero-order valence-electron chi connectivity index (χ0n) is 12.4. The summed E-state index contributed by atoms with van der Waals surface area (Å²) < 4.78 is 6.22. The Bertz CT molecular complexity index is 745. The fourth-order valence-electron chi connectivity index (χ4n) is 2.45. The second-order valence-electron chi connectivity index (χ2n) is 5.17. The fourth-order valence-corrected chi connectivity index (χ4v) is 2.45. The van der Waals surface area contributed by atoms with Gasteiger partial charge in [-0.15, -0.1) is 0 Å². The third-order valence-corrected chi connectivity index (χ3v) is 3.72. The molecule has 8 heteroatoms. The van der Waals surface area contributed by atoms with Crippen LogP contribution in [-0.4, -0.2) is 57.6 Å². The first kappa shape index (κ1) is 15.0. The van der Waals surface area contributed by atoms with Gasteiger partial charge in [-0.2, -0.15) is 5.10 Å². The molecule has 0 N–H and O–H groups in total. The van der Waals surface area contributed by atoms with Gasteiger partial charge in [-0.1, -0.05) is 0 Å². The standard InChI is InChI=1S/C15H16N4O4/c20-13-4-1-5-16-19(13)11-14(21)17-6-8-18(9-7-17)15(22)12-3-2-10-23-12/h1-5,10H,6-9,11H2. The molecule has 0 aromatic carbocycles. The van der Waals surface area contributed by atoms with Gasteiger partial charge in [0, 0.05) is 38.4 Å². The van der Waals surface area contributed by atoms with E-state index in [-0.39, 0.29) is 23.9 Å². The first-order valence-corrected chi connectivity index (χ1v) is 7.28. The van der Waals surface area contributed by atoms with Crippen LogP contribution in [0.2, 0.25) is 0 Å². The van der Waals surface area contributed by atoms with E-state index < -0.39 is 0 Å².